The van der Waals surface area contributed by atoms with E-state index in [9.17, 15) is 13.2 Å². The quantitative estimate of drug-likeness (QED) is 0.841. The van der Waals surface area contributed by atoms with E-state index in [0.29, 0.717) is 18.6 Å². The Labute approximate surface area is 111 Å². The molecule has 2 N–H and O–H groups in total. The molecule has 0 saturated heterocycles. The normalized spacial score (nSPS) is 18.5. The average molecular weight is 285 g/mol. The maximum absolute atomic E-state index is 11.0. The van der Waals surface area contributed by atoms with Crippen molar-refractivity contribution in [2.75, 3.05) is 6.26 Å². The summed E-state index contributed by atoms with van der Waals surface area (Å²) in [5.74, 6) is -0.407. The fourth-order valence-electron chi connectivity index (χ4n) is 1.94. The number of nitrogens with one attached hydrogen (secondary N) is 1. The van der Waals surface area contributed by atoms with Gasteiger partial charge in [-0.25, -0.2) is 17.9 Å². The molecule has 1 aromatic rings. The van der Waals surface area contributed by atoms with E-state index in [2.05, 4.69) is 4.72 Å². The van der Waals surface area contributed by atoms with Crippen molar-refractivity contribution in [3.05, 3.63) is 29.3 Å². The second-order valence-electron chi connectivity index (χ2n) is 4.52. The Bertz CT molecular complexity index is 596. The molecule has 1 atom stereocenters. The molecule has 0 saturated carbocycles. The Kier molecular flexibility index (Phi) is 3.77. The molecule has 1 aromatic carbocycles. The van der Waals surface area contributed by atoms with E-state index >= 15 is 0 Å². The van der Waals surface area contributed by atoms with Crippen molar-refractivity contribution in [2.45, 2.75) is 25.5 Å². The maximum atomic E-state index is 11.0. The first-order chi connectivity index (χ1) is 8.85. The Morgan fingerprint density at radius 3 is 2.89 bits per heavy atom. The molecule has 0 unspecified atom stereocenters. The number of carboxylic acids is 1. The highest BCUT2D eigenvalue weighted by molar-refractivity contribution is 7.88. The molecule has 7 heteroatoms. The van der Waals surface area contributed by atoms with Gasteiger partial charge in [-0.2, -0.15) is 0 Å². The van der Waals surface area contributed by atoms with Gasteiger partial charge in [0.25, 0.3) is 0 Å². The van der Waals surface area contributed by atoms with Crippen LogP contribution in [0.1, 0.15) is 17.5 Å². The van der Waals surface area contributed by atoms with Gasteiger partial charge in [-0.05, 0) is 30.0 Å². The summed E-state index contributed by atoms with van der Waals surface area (Å²) in [5, 5.41) is 8.89. The van der Waals surface area contributed by atoms with Crippen LogP contribution < -0.4 is 9.46 Å². The van der Waals surface area contributed by atoms with E-state index in [1.165, 1.54) is 0 Å². The Morgan fingerprint density at radius 2 is 2.26 bits per heavy atom. The molecule has 1 heterocycles. The third-order valence-corrected chi connectivity index (χ3v) is 3.55. The summed E-state index contributed by atoms with van der Waals surface area (Å²) in [6.45, 7) is 0.217. The average Bonchev–Trinajstić information content (AvgIpc) is 2.34. The summed E-state index contributed by atoms with van der Waals surface area (Å²) in [4.78, 5) is 10.8. The molecule has 0 amide bonds. The molecule has 19 heavy (non-hydrogen) atoms. The second-order valence-corrected chi connectivity index (χ2v) is 6.35. The molecular formula is C12H15NO5S. The SMILES string of the molecule is CS(=O)(=O)NCc1ccc2c(c1)CC[C@@H](C(=O)O)O2. The first-order valence-electron chi connectivity index (χ1n) is 5.81. The number of carboxylic acid groups (broad SMARTS) is 1. The van der Waals surface area contributed by atoms with Gasteiger partial charge in [0.05, 0.1) is 6.26 Å². The minimum absolute atomic E-state index is 0.217. The third kappa shape index (κ3) is 3.68. The molecule has 0 spiro atoms. The topological polar surface area (TPSA) is 92.7 Å². The molecule has 1 aliphatic heterocycles. The molecule has 2 rings (SSSR count). The zero-order valence-corrected chi connectivity index (χ0v) is 11.2. The van der Waals surface area contributed by atoms with Gasteiger partial charge in [0.15, 0.2) is 6.10 Å². The number of hydrogen-bond acceptors (Lipinski definition) is 4. The van der Waals surface area contributed by atoms with Crippen LogP contribution >= 0.6 is 0 Å². The molecule has 0 aromatic heterocycles. The highest BCUT2D eigenvalue weighted by Gasteiger charge is 2.25. The Hall–Kier alpha value is -1.60. The highest BCUT2D eigenvalue weighted by atomic mass is 32.2. The van der Waals surface area contributed by atoms with Crippen LogP contribution in [0, 0.1) is 0 Å². The lowest BCUT2D eigenvalue weighted by Gasteiger charge is -2.23. The molecule has 0 fully saturated rings. The minimum Gasteiger partial charge on any atom is -0.479 e. The summed E-state index contributed by atoms with van der Waals surface area (Å²) in [6.07, 6.45) is 1.34. The van der Waals surface area contributed by atoms with Gasteiger partial charge in [0.2, 0.25) is 10.0 Å². The van der Waals surface area contributed by atoms with Crippen molar-refractivity contribution in [3.8, 4) is 5.75 Å². The lowest BCUT2D eigenvalue weighted by molar-refractivity contribution is -0.145. The molecule has 104 valence electrons. The summed E-state index contributed by atoms with van der Waals surface area (Å²) in [7, 11) is -3.22. The van der Waals surface area contributed by atoms with Crippen molar-refractivity contribution in [1.29, 1.82) is 0 Å². The van der Waals surface area contributed by atoms with Gasteiger partial charge in [-0.1, -0.05) is 12.1 Å². The molecule has 0 bridgehead atoms. The summed E-state index contributed by atoms with van der Waals surface area (Å²) < 4.78 is 29.8. The van der Waals surface area contributed by atoms with Crippen LogP contribution in [0.3, 0.4) is 0 Å². The minimum atomic E-state index is -3.22. The van der Waals surface area contributed by atoms with Crippen molar-refractivity contribution in [3.63, 3.8) is 0 Å². The smallest absolute Gasteiger partial charge is 0.344 e. The van der Waals surface area contributed by atoms with E-state index in [0.717, 1.165) is 17.4 Å². The Balaban J connectivity index is 2.11. The van der Waals surface area contributed by atoms with Gasteiger partial charge < -0.3 is 9.84 Å². The fourth-order valence-corrected chi connectivity index (χ4v) is 2.37. The number of carbonyl (C=O) groups is 1. The van der Waals surface area contributed by atoms with E-state index in [1.54, 1.807) is 12.1 Å². The maximum Gasteiger partial charge on any atom is 0.344 e. The van der Waals surface area contributed by atoms with Crippen LogP contribution in [-0.2, 0) is 27.8 Å². The van der Waals surface area contributed by atoms with Crippen LogP contribution in [0.25, 0.3) is 0 Å². The highest BCUT2D eigenvalue weighted by Crippen LogP contribution is 2.28. The van der Waals surface area contributed by atoms with Gasteiger partial charge in [0.1, 0.15) is 5.75 Å². The number of aryl methyl sites for hydroxylation is 1. The first-order valence-corrected chi connectivity index (χ1v) is 7.70. The monoisotopic (exact) mass is 285 g/mol. The molecule has 0 aliphatic carbocycles. The van der Waals surface area contributed by atoms with Crippen molar-refractivity contribution in [2.24, 2.45) is 0 Å². The van der Waals surface area contributed by atoms with Gasteiger partial charge in [-0.15, -0.1) is 0 Å². The largest absolute Gasteiger partial charge is 0.479 e. The number of benzene rings is 1. The van der Waals surface area contributed by atoms with E-state index in [-0.39, 0.29) is 6.54 Å². The number of sulfonamides is 1. The molecule has 0 radical (unpaired) electrons. The van der Waals surface area contributed by atoms with Gasteiger partial charge >= 0.3 is 5.97 Å². The molecule has 1 aliphatic rings. The zero-order valence-electron chi connectivity index (χ0n) is 10.4. The van der Waals surface area contributed by atoms with Crippen LogP contribution in [0.5, 0.6) is 5.75 Å². The number of hydrogen-bond donors (Lipinski definition) is 2. The number of ether oxygens (including phenoxy) is 1. The second kappa shape index (κ2) is 5.18. The standard InChI is InChI=1S/C12H15NO5S/c1-19(16,17)13-7-8-2-4-10-9(6-8)3-5-11(18-10)12(14)15/h2,4,6,11,13H,3,5,7H2,1H3,(H,14,15)/t11-/m0/s1. The zero-order chi connectivity index (χ0) is 14.0. The van der Waals surface area contributed by atoms with E-state index in [4.69, 9.17) is 9.84 Å². The van der Waals surface area contributed by atoms with Gasteiger partial charge in [-0.3, -0.25) is 0 Å². The molecular weight excluding hydrogens is 270 g/mol. The number of rotatable bonds is 4. The number of aliphatic carboxylic acids is 1. The number of fused-ring (bicyclic) bond motifs is 1. The van der Waals surface area contributed by atoms with Crippen LogP contribution in [0.15, 0.2) is 18.2 Å². The summed E-state index contributed by atoms with van der Waals surface area (Å²) in [6, 6.07) is 5.25. The first kappa shape index (κ1) is 13.8. The lowest BCUT2D eigenvalue weighted by Crippen LogP contribution is -2.31. The van der Waals surface area contributed by atoms with Crippen LogP contribution in [-0.4, -0.2) is 31.9 Å². The van der Waals surface area contributed by atoms with Crippen LogP contribution in [0.2, 0.25) is 0 Å². The lowest BCUT2D eigenvalue weighted by atomic mass is 10.00. The third-order valence-electron chi connectivity index (χ3n) is 2.88. The fraction of sp³-hybridized carbons (Fsp3) is 0.417. The molecule has 6 nitrogen and oxygen atoms in total. The van der Waals surface area contributed by atoms with Gasteiger partial charge in [0, 0.05) is 6.54 Å². The van der Waals surface area contributed by atoms with E-state index < -0.39 is 22.1 Å². The summed E-state index contributed by atoms with van der Waals surface area (Å²) >= 11 is 0. The Morgan fingerprint density at radius 1 is 1.53 bits per heavy atom. The van der Waals surface area contributed by atoms with Crippen molar-refractivity contribution < 1.29 is 23.1 Å². The van der Waals surface area contributed by atoms with E-state index in [1.807, 2.05) is 6.07 Å². The predicted molar refractivity (Wildman–Crippen MR) is 68.5 cm³/mol. The van der Waals surface area contributed by atoms with Crippen LogP contribution in [0.4, 0.5) is 0 Å². The summed E-state index contributed by atoms with van der Waals surface area (Å²) in [5.41, 5.74) is 1.73. The van der Waals surface area contributed by atoms with Crippen molar-refractivity contribution >= 4 is 16.0 Å². The predicted octanol–water partition coefficient (Wildman–Crippen LogP) is 0.514. The van der Waals surface area contributed by atoms with Crippen molar-refractivity contribution in [1.82, 2.24) is 4.72 Å².